The van der Waals surface area contributed by atoms with E-state index in [0.717, 1.165) is 53.2 Å². The summed E-state index contributed by atoms with van der Waals surface area (Å²) in [5.74, 6) is -1.53. The van der Waals surface area contributed by atoms with Gasteiger partial charge >= 0.3 is 0 Å². The summed E-state index contributed by atoms with van der Waals surface area (Å²) in [5.41, 5.74) is 3.02. The second kappa shape index (κ2) is 7.73. The lowest BCUT2D eigenvalue weighted by Gasteiger charge is -2.32. The first kappa shape index (κ1) is 19.2. The molecule has 1 saturated heterocycles. The van der Waals surface area contributed by atoms with Gasteiger partial charge in [-0.2, -0.15) is 0 Å². The van der Waals surface area contributed by atoms with Gasteiger partial charge in [0.2, 0.25) is 0 Å². The number of halogens is 2. The van der Waals surface area contributed by atoms with Gasteiger partial charge in [0.15, 0.2) is 0 Å². The molecule has 1 fully saturated rings. The molecule has 29 heavy (non-hydrogen) atoms. The van der Waals surface area contributed by atoms with Gasteiger partial charge in [0.05, 0.1) is 5.69 Å². The van der Waals surface area contributed by atoms with E-state index in [9.17, 15) is 13.6 Å². The maximum atomic E-state index is 14.0. The molecule has 2 aromatic heterocycles. The van der Waals surface area contributed by atoms with Crippen molar-refractivity contribution in [3.63, 3.8) is 0 Å². The molecule has 0 radical (unpaired) electrons. The Bertz CT molecular complexity index is 1010. The minimum atomic E-state index is -0.834. The number of benzene rings is 1. The molecule has 1 aliphatic rings. The summed E-state index contributed by atoms with van der Waals surface area (Å²) in [6.07, 6.45) is 3.39. The number of piperidine rings is 1. The average Bonchev–Trinajstić information content (AvgIpc) is 3.06. The SMILES string of the molecule is Cc1noc(C)c1-c1ccc([C@H]2CCCN(C(=O)c3c(F)cccc3F)C2)nc1. The van der Waals surface area contributed by atoms with E-state index in [2.05, 4.69) is 10.1 Å². The fourth-order valence-electron chi connectivity index (χ4n) is 3.95. The van der Waals surface area contributed by atoms with Crippen LogP contribution in [0.2, 0.25) is 0 Å². The predicted octanol–water partition coefficient (Wildman–Crippen LogP) is 4.65. The molecule has 1 atom stereocenters. The van der Waals surface area contributed by atoms with Gasteiger partial charge in [0, 0.05) is 42.0 Å². The number of likely N-dealkylation sites (tertiary alicyclic amines) is 1. The molecule has 7 heteroatoms. The molecule has 0 spiro atoms. The second-order valence-electron chi connectivity index (χ2n) is 7.36. The first-order valence-corrected chi connectivity index (χ1v) is 9.58. The number of carbonyl (C=O) groups is 1. The summed E-state index contributed by atoms with van der Waals surface area (Å²) in [4.78, 5) is 18.8. The van der Waals surface area contributed by atoms with E-state index in [1.165, 1.54) is 11.0 Å². The van der Waals surface area contributed by atoms with Crippen molar-refractivity contribution in [2.45, 2.75) is 32.6 Å². The molecule has 3 heterocycles. The third-order valence-electron chi connectivity index (χ3n) is 5.41. The van der Waals surface area contributed by atoms with Crippen molar-refractivity contribution in [2.75, 3.05) is 13.1 Å². The van der Waals surface area contributed by atoms with E-state index in [1.54, 1.807) is 6.20 Å². The van der Waals surface area contributed by atoms with Crippen LogP contribution in [0.5, 0.6) is 0 Å². The summed E-state index contributed by atoms with van der Waals surface area (Å²) in [6, 6.07) is 7.36. The maximum absolute atomic E-state index is 14.0. The molecule has 1 aromatic carbocycles. The largest absolute Gasteiger partial charge is 0.361 e. The van der Waals surface area contributed by atoms with E-state index in [-0.39, 0.29) is 5.92 Å². The first-order chi connectivity index (χ1) is 14.0. The zero-order valence-corrected chi connectivity index (χ0v) is 16.3. The minimum absolute atomic E-state index is 0.0150. The topological polar surface area (TPSA) is 59.2 Å². The minimum Gasteiger partial charge on any atom is -0.361 e. The van der Waals surface area contributed by atoms with Crippen LogP contribution in [-0.4, -0.2) is 34.0 Å². The van der Waals surface area contributed by atoms with E-state index in [1.807, 2.05) is 26.0 Å². The lowest BCUT2D eigenvalue weighted by Crippen LogP contribution is -2.40. The molecule has 4 rings (SSSR count). The number of rotatable bonds is 3. The monoisotopic (exact) mass is 397 g/mol. The fraction of sp³-hybridized carbons (Fsp3) is 0.318. The van der Waals surface area contributed by atoms with Crippen LogP contribution < -0.4 is 0 Å². The molecule has 0 bridgehead atoms. The first-order valence-electron chi connectivity index (χ1n) is 9.58. The number of aromatic nitrogens is 2. The van der Waals surface area contributed by atoms with Gasteiger partial charge in [-0.25, -0.2) is 8.78 Å². The smallest absolute Gasteiger partial charge is 0.259 e. The molecule has 0 saturated carbocycles. The predicted molar refractivity (Wildman–Crippen MR) is 103 cm³/mol. The van der Waals surface area contributed by atoms with Crippen molar-refractivity contribution in [3.8, 4) is 11.1 Å². The Hall–Kier alpha value is -3.09. The second-order valence-corrected chi connectivity index (χ2v) is 7.36. The van der Waals surface area contributed by atoms with Crippen LogP contribution in [-0.2, 0) is 0 Å². The highest BCUT2D eigenvalue weighted by Gasteiger charge is 2.29. The van der Waals surface area contributed by atoms with Crippen LogP contribution in [0.4, 0.5) is 8.78 Å². The third-order valence-corrected chi connectivity index (χ3v) is 5.41. The standard InChI is InChI=1S/C22H21F2N3O2/c1-13-20(14(2)29-26-13)15-8-9-19(25-11-15)16-5-4-10-27(12-16)22(28)21-17(23)6-3-7-18(21)24/h3,6-9,11,16H,4-5,10,12H2,1-2H3/t16-/m0/s1. The summed E-state index contributed by atoms with van der Waals surface area (Å²) >= 11 is 0. The number of pyridine rings is 1. The quantitative estimate of drug-likeness (QED) is 0.645. The summed E-state index contributed by atoms with van der Waals surface area (Å²) < 4.78 is 33.2. The normalized spacial score (nSPS) is 16.8. The van der Waals surface area contributed by atoms with Gasteiger partial charge in [-0.15, -0.1) is 0 Å². The van der Waals surface area contributed by atoms with Gasteiger partial charge in [0.25, 0.3) is 5.91 Å². The molecule has 1 amide bonds. The highest BCUT2D eigenvalue weighted by Crippen LogP contribution is 2.30. The Morgan fingerprint density at radius 2 is 1.93 bits per heavy atom. The van der Waals surface area contributed by atoms with Crippen molar-refractivity contribution < 1.29 is 18.1 Å². The van der Waals surface area contributed by atoms with Crippen LogP contribution in [0.1, 0.15) is 46.3 Å². The van der Waals surface area contributed by atoms with Crippen LogP contribution in [0.25, 0.3) is 11.1 Å². The highest BCUT2D eigenvalue weighted by atomic mass is 19.1. The highest BCUT2D eigenvalue weighted by molar-refractivity contribution is 5.94. The lowest BCUT2D eigenvalue weighted by molar-refractivity contribution is 0.0696. The summed E-state index contributed by atoms with van der Waals surface area (Å²) in [6.45, 7) is 4.59. The molecule has 0 aliphatic carbocycles. The maximum Gasteiger partial charge on any atom is 0.259 e. The Labute approximate surface area is 167 Å². The molecule has 3 aromatic rings. The number of carbonyl (C=O) groups excluding carboxylic acids is 1. The summed E-state index contributed by atoms with van der Waals surface area (Å²) in [7, 11) is 0. The zero-order chi connectivity index (χ0) is 20.5. The average molecular weight is 397 g/mol. The van der Waals surface area contributed by atoms with Crippen LogP contribution in [0, 0.1) is 25.5 Å². The van der Waals surface area contributed by atoms with Gasteiger partial charge in [-0.05, 0) is 44.9 Å². The molecule has 1 aliphatic heterocycles. The zero-order valence-electron chi connectivity index (χ0n) is 16.3. The van der Waals surface area contributed by atoms with Crippen LogP contribution >= 0.6 is 0 Å². The van der Waals surface area contributed by atoms with E-state index in [4.69, 9.17) is 4.52 Å². The van der Waals surface area contributed by atoms with Crippen molar-refractivity contribution in [2.24, 2.45) is 0 Å². The van der Waals surface area contributed by atoms with Gasteiger partial charge in [-0.1, -0.05) is 17.3 Å². The molecule has 0 unspecified atom stereocenters. The van der Waals surface area contributed by atoms with Crippen molar-refractivity contribution >= 4 is 5.91 Å². The van der Waals surface area contributed by atoms with Gasteiger partial charge < -0.3 is 9.42 Å². The van der Waals surface area contributed by atoms with E-state index >= 15 is 0 Å². The third kappa shape index (κ3) is 3.64. The Kier molecular flexibility index (Phi) is 5.13. The number of nitrogens with zero attached hydrogens (tertiary/aromatic N) is 3. The number of aryl methyl sites for hydroxylation is 2. The van der Waals surface area contributed by atoms with E-state index < -0.39 is 23.1 Å². The molecule has 5 nitrogen and oxygen atoms in total. The molecule has 150 valence electrons. The molecule has 0 N–H and O–H groups in total. The summed E-state index contributed by atoms with van der Waals surface area (Å²) in [5, 5.41) is 3.97. The Balaban J connectivity index is 1.54. The van der Waals surface area contributed by atoms with Crippen molar-refractivity contribution in [3.05, 3.63) is 70.9 Å². The molecular weight excluding hydrogens is 376 g/mol. The number of hydrogen-bond donors (Lipinski definition) is 0. The molecular formula is C22H21F2N3O2. The fourth-order valence-corrected chi connectivity index (χ4v) is 3.95. The number of hydrogen-bond acceptors (Lipinski definition) is 4. The van der Waals surface area contributed by atoms with Gasteiger partial charge in [0.1, 0.15) is 23.0 Å². The Morgan fingerprint density at radius 3 is 2.55 bits per heavy atom. The van der Waals surface area contributed by atoms with Crippen molar-refractivity contribution in [1.82, 2.24) is 15.0 Å². The number of amides is 1. The van der Waals surface area contributed by atoms with E-state index in [0.29, 0.717) is 13.1 Å². The Morgan fingerprint density at radius 1 is 1.17 bits per heavy atom. The lowest BCUT2D eigenvalue weighted by atomic mass is 9.93. The van der Waals surface area contributed by atoms with Crippen LogP contribution in [0.15, 0.2) is 41.1 Å². The van der Waals surface area contributed by atoms with Gasteiger partial charge in [-0.3, -0.25) is 9.78 Å². The van der Waals surface area contributed by atoms with Crippen molar-refractivity contribution in [1.29, 1.82) is 0 Å². The van der Waals surface area contributed by atoms with Crippen LogP contribution in [0.3, 0.4) is 0 Å².